The Kier molecular flexibility index (Phi) is 8.95. The molecule has 1 rings (SSSR count). The number of halogens is 1. The number of benzene rings is 1. The van der Waals surface area contributed by atoms with Gasteiger partial charge in [0, 0.05) is 18.1 Å². The molecule has 0 heterocycles. The van der Waals surface area contributed by atoms with Crippen LogP contribution in [0, 0.1) is 13.8 Å². The van der Waals surface area contributed by atoms with Gasteiger partial charge in [-0.3, -0.25) is 4.90 Å². The molecule has 0 spiro atoms. The average molecular weight is 322 g/mol. The first kappa shape index (κ1) is 18.8. The Morgan fingerprint density at radius 1 is 1.05 bits per heavy atom. The van der Waals surface area contributed by atoms with E-state index in [1.54, 1.807) is 0 Å². The molecule has 22 heavy (non-hydrogen) atoms. The van der Waals surface area contributed by atoms with E-state index in [-0.39, 0.29) is 0 Å². The van der Waals surface area contributed by atoms with Crippen LogP contribution in [0.1, 0.15) is 30.4 Å². The van der Waals surface area contributed by atoms with E-state index < -0.39 is 0 Å². The van der Waals surface area contributed by atoms with Crippen molar-refractivity contribution in [3.05, 3.63) is 53.6 Å². The van der Waals surface area contributed by atoms with Crippen molar-refractivity contribution >= 4 is 11.6 Å². The van der Waals surface area contributed by atoms with Crippen LogP contribution in [0.15, 0.2) is 37.4 Å². The molecule has 0 bridgehead atoms. The summed E-state index contributed by atoms with van der Waals surface area (Å²) < 4.78 is 5.82. The second kappa shape index (κ2) is 10.5. The fourth-order valence-electron chi connectivity index (χ4n) is 2.42. The Morgan fingerprint density at radius 2 is 1.64 bits per heavy atom. The molecule has 0 saturated heterocycles. The molecular formula is C19H28ClNO. The molecule has 0 fully saturated rings. The summed E-state index contributed by atoms with van der Waals surface area (Å²) in [7, 11) is 0. The quantitative estimate of drug-likeness (QED) is 0.411. The average Bonchev–Trinajstić information content (AvgIpc) is 2.48. The van der Waals surface area contributed by atoms with E-state index in [0.29, 0.717) is 0 Å². The summed E-state index contributed by atoms with van der Waals surface area (Å²) in [6.45, 7) is 15.3. The molecule has 0 saturated carbocycles. The van der Waals surface area contributed by atoms with Gasteiger partial charge in [0.15, 0.2) is 0 Å². The lowest BCUT2D eigenvalue weighted by molar-refractivity contribution is 0.289. The largest absolute Gasteiger partial charge is 0.494 e. The molecule has 0 aliphatic carbocycles. The van der Waals surface area contributed by atoms with E-state index >= 15 is 0 Å². The number of hydrogen-bond acceptors (Lipinski definition) is 2. The highest BCUT2D eigenvalue weighted by molar-refractivity contribution is 6.32. The van der Waals surface area contributed by atoms with Crippen LogP contribution in [0.25, 0.3) is 0 Å². The van der Waals surface area contributed by atoms with E-state index in [1.807, 2.05) is 38.1 Å². The summed E-state index contributed by atoms with van der Waals surface area (Å²) >= 11 is 6.16. The van der Waals surface area contributed by atoms with E-state index in [2.05, 4.69) is 18.1 Å². The number of ether oxygens (including phenoxy) is 1. The van der Waals surface area contributed by atoms with Gasteiger partial charge in [0.05, 0.1) is 6.61 Å². The van der Waals surface area contributed by atoms with E-state index in [1.165, 1.54) is 6.42 Å². The summed E-state index contributed by atoms with van der Waals surface area (Å²) in [5, 5.41) is 0.830. The topological polar surface area (TPSA) is 12.5 Å². The van der Waals surface area contributed by atoms with Crippen LogP contribution >= 0.6 is 11.6 Å². The van der Waals surface area contributed by atoms with Gasteiger partial charge in [-0.15, -0.1) is 13.2 Å². The van der Waals surface area contributed by atoms with Crippen molar-refractivity contribution in [1.29, 1.82) is 0 Å². The standard InChI is InChI=1S/C19H28ClNO/c1-5-10-21(11-6-2)12-8-7-9-13-22-18-14-16(3)19(20)17(4)15-18/h5-6,14-15H,1-2,7-13H2,3-4H3. The van der Waals surface area contributed by atoms with Gasteiger partial charge in [-0.05, 0) is 62.9 Å². The van der Waals surface area contributed by atoms with Crippen LogP contribution in [0.4, 0.5) is 0 Å². The second-order valence-electron chi connectivity index (χ2n) is 5.62. The minimum Gasteiger partial charge on any atom is -0.494 e. The lowest BCUT2D eigenvalue weighted by atomic mass is 10.1. The third-order valence-corrected chi connectivity index (χ3v) is 4.17. The van der Waals surface area contributed by atoms with Gasteiger partial charge in [-0.1, -0.05) is 23.8 Å². The molecule has 1 aromatic carbocycles. The number of rotatable bonds is 11. The number of nitrogens with zero attached hydrogens (tertiary/aromatic N) is 1. The zero-order valence-electron chi connectivity index (χ0n) is 13.9. The second-order valence-corrected chi connectivity index (χ2v) is 6.00. The molecule has 0 atom stereocenters. The predicted molar refractivity (Wildman–Crippen MR) is 97.1 cm³/mol. The van der Waals surface area contributed by atoms with Crippen molar-refractivity contribution < 1.29 is 4.74 Å². The predicted octanol–water partition coefficient (Wildman–Crippen LogP) is 5.18. The van der Waals surface area contributed by atoms with Crippen LogP contribution < -0.4 is 4.74 Å². The summed E-state index contributed by atoms with van der Waals surface area (Å²) in [4.78, 5) is 2.34. The fraction of sp³-hybridized carbons (Fsp3) is 0.474. The van der Waals surface area contributed by atoms with Crippen LogP contribution in [-0.2, 0) is 0 Å². The van der Waals surface area contributed by atoms with E-state index in [0.717, 1.165) is 61.0 Å². The van der Waals surface area contributed by atoms with Crippen LogP contribution in [0.5, 0.6) is 5.75 Å². The van der Waals surface area contributed by atoms with Crippen molar-refractivity contribution in [3.63, 3.8) is 0 Å². The number of aryl methyl sites for hydroxylation is 2. The highest BCUT2D eigenvalue weighted by Gasteiger charge is 2.04. The van der Waals surface area contributed by atoms with Gasteiger partial charge >= 0.3 is 0 Å². The maximum atomic E-state index is 6.16. The first-order valence-electron chi connectivity index (χ1n) is 7.92. The Hall–Kier alpha value is -1.25. The molecular weight excluding hydrogens is 294 g/mol. The highest BCUT2D eigenvalue weighted by Crippen LogP contribution is 2.25. The van der Waals surface area contributed by atoms with Crippen molar-refractivity contribution in [2.45, 2.75) is 33.1 Å². The third-order valence-electron chi connectivity index (χ3n) is 3.57. The first-order chi connectivity index (χ1) is 10.6. The van der Waals surface area contributed by atoms with E-state index in [4.69, 9.17) is 16.3 Å². The molecule has 0 radical (unpaired) electrons. The van der Waals surface area contributed by atoms with Crippen molar-refractivity contribution in [2.75, 3.05) is 26.2 Å². The fourth-order valence-corrected chi connectivity index (χ4v) is 2.53. The molecule has 2 nitrogen and oxygen atoms in total. The first-order valence-corrected chi connectivity index (χ1v) is 8.30. The summed E-state index contributed by atoms with van der Waals surface area (Å²) in [6.07, 6.45) is 7.28. The molecule has 0 aliphatic heterocycles. The van der Waals surface area contributed by atoms with Crippen molar-refractivity contribution in [1.82, 2.24) is 4.90 Å². The maximum absolute atomic E-state index is 6.16. The van der Waals surface area contributed by atoms with E-state index in [9.17, 15) is 0 Å². The number of hydrogen-bond donors (Lipinski definition) is 0. The molecule has 3 heteroatoms. The smallest absolute Gasteiger partial charge is 0.119 e. The van der Waals surface area contributed by atoms with Gasteiger partial charge in [-0.2, -0.15) is 0 Å². The molecule has 0 aromatic heterocycles. The van der Waals surface area contributed by atoms with Gasteiger partial charge in [0.2, 0.25) is 0 Å². The zero-order valence-corrected chi connectivity index (χ0v) is 14.7. The van der Waals surface area contributed by atoms with Gasteiger partial charge < -0.3 is 4.74 Å². The SMILES string of the molecule is C=CCN(CC=C)CCCCCOc1cc(C)c(Cl)c(C)c1. The summed E-state index contributed by atoms with van der Waals surface area (Å²) in [5.74, 6) is 0.916. The Bertz CT molecular complexity index is 451. The Labute approximate surface area is 140 Å². The molecule has 0 N–H and O–H groups in total. The molecule has 0 aliphatic rings. The lowest BCUT2D eigenvalue weighted by Gasteiger charge is -2.18. The Balaban J connectivity index is 2.22. The van der Waals surface area contributed by atoms with Crippen molar-refractivity contribution in [2.24, 2.45) is 0 Å². The minimum absolute atomic E-state index is 0.753. The number of unbranched alkanes of at least 4 members (excludes halogenated alkanes) is 2. The van der Waals surface area contributed by atoms with Crippen LogP contribution in [0.3, 0.4) is 0 Å². The van der Waals surface area contributed by atoms with Gasteiger partial charge in [-0.25, -0.2) is 0 Å². The summed E-state index contributed by atoms with van der Waals surface area (Å²) in [5.41, 5.74) is 2.14. The molecule has 122 valence electrons. The van der Waals surface area contributed by atoms with Crippen molar-refractivity contribution in [3.8, 4) is 5.75 Å². The Morgan fingerprint density at radius 3 is 2.18 bits per heavy atom. The minimum atomic E-state index is 0.753. The van der Waals surface area contributed by atoms with Gasteiger partial charge in [0.25, 0.3) is 0 Å². The zero-order chi connectivity index (χ0) is 16.4. The normalized spacial score (nSPS) is 10.7. The monoisotopic (exact) mass is 321 g/mol. The lowest BCUT2D eigenvalue weighted by Crippen LogP contribution is -2.25. The van der Waals surface area contributed by atoms with Crippen LogP contribution in [-0.4, -0.2) is 31.1 Å². The summed E-state index contributed by atoms with van der Waals surface area (Å²) in [6, 6.07) is 4.01. The maximum Gasteiger partial charge on any atom is 0.119 e. The van der Waals surface area contributed by atoms with Crippen LogP contribution in [0.2, 0.25) is 5.02 Å². The molecule has 1 aromatic rings. The molecule has 0 unspecified atom stereocenters. The molecule has 0 amide bonds. The van der Waals surface area contributed by atoms with Gasteiger partial charge in [0.1, 0.15) is 5.75 Å². The third kappa shape index (κ3) is 6.67. The highest BCUT2D eigenvalue weighted by atomic mass is 35.5.